The smallest absolute Gasteiger partial charge is 0.191 e. The Kier molecular flexibility index (Phi) is 6.56. The van der Waals surface area contributed by atoms with Crippen LogP contribution in [0.5, 0.6) is 5.75 Å². The molecule has 5 heteroatoms. The van der Waals surface area contributed by atoms with Gasteiger partial charge in [-0.15, -0.1) is 24.0 Å². The average Bonchev–Trinajstić information content (AvgIpc) is 2.53. The Bertz CT molecular complexity index is 574. The van der Waals surface area contributed by atoms with Gasteiger partial charge in [0.25, 0.3) is 0 Å². The van der Waals surface area contributed by atoms with Crippen LogP contribution in [0.4, 0.5) is 0 Å². The molecule has 1 aromatic carbocycles. The highest BCUT2D eigenvalue weighted by Gasteiger charge is 2.19. The minimum absolute atomic E-state index is 0. The Morgan fingerprint density at radius 3 is 2.87 bits per heavy atom. The normalized spacial score (nSPS) is 21.5. The summed E-state index contributed by atoms with van der Waals surface area (Å²) in [5.74, 6) is 1.67. The molecule has 4 nitrogen and oxygen atoms in total. The molecule has 1 heterocycles. The first-order valence-electron chi connectivity index (χ1n) is 8.52. The van der Waals surface area contributed by atoms with Crippen LogP contribution >= 0.6 is 24.0 Å². The fourth-order valence-corrected chi connectivity index (χ4v) is 3.73. The Morgan fingerprint density at radius 1 is 1.30 bits per heavy atom. The van der Waals surface area contributed by atoms with Gasteiger partial charge in [0.1, 0.15) is 5.75 Å². The summed E-state index contributed by atoms with van der Waals surface area (Å²) < 4.78 is 0. The molecule has 2 aliphatic rings. The van der Waals surface area contributed by atoms with E-state index in [4.69, 9.17) is 5.73 Å². The monoisotopic (exact) mass is 429 g/mol. The second-order valence-electron chi connectivity index (χ2n) is 6.78. The lowest BCUT2D eigenvalue weighted by molar-refractivity contribution is 0.270. The molecule has 1 atom stereocenters. The number of nitrogens with two attached hydrogens (primary N) is 1. The maximum atomic E-state index is 10.2. The van der Waals surface area contributed by atoms with Crippen molar-refractivity contribution in [3.8, 4) is 5.75 Å². The Balaban J connectivity index is 0.00000192. The van der Waals surface area contributed by atoms with Gasteiger partial charge in [-0.3, -0.25) is 0 Å². The number of hydrogen-bond donors (Lipinski definition) is 2. The molecule has 0 saturated carbocycles. The number of aromatic hydroxyl groups is 1. The molecule has 0 amide bonds. The maximum Gasteiger partial charge on any atom is 0.191 e. The summed E-state index contributed by atoms with van der Waals surface area (Å²) in [5.41, 5.74) is 9.83. The first-order chi connectivity index (χ1) is 10.6. The molecule has 3 N–H and O–H groups in total. The van der Waals surface area contributed by atoms with E-state index in [2.05, 4.69) is 22.9 Å². The quantitative estimate of drug-likeness (QED) is 0.430. The first kappa shape index (κ1) is 18.4. The molecule has 1 unspecified atom stereocenters. The SMILES string of the molecule is CC1CCCN(C(N)=NCc2c(O)ccc3c2CCCC3)C1.I. The van der Waals surface area contributed by atoms with Gasteiger partial charge in [0.05, 0.1) is 6.54 Å². The zero-order chi connectivity index (χ0) is 15.5. The molecule has 3 rings (SSSR count). The summed E-state index contributed by atoms with van der Waals surface area (Å²) in [7, 11) is 0. The lowest BCUT2D eigenvalue weighted by Gasteiger charge is -2.31. The highest BCUT2D eigenvalue weighted by atomic mass is 127. The number of fused-ring (bicyclic) bond motifs is 1. The number of phenolic OH excluding ortho intramolecular Hbond substituents is 1. The molecular weight excluding hydrogens is 401 g/mol. The zero-order valence-electron chi connectivity index (χ0n) is 13.9. The second-order valence-corrected chi connectivity index (χ2v) is 6.78. The third-order valence-electron chi connectivity index (χ3n) is 5.01. The van der Waals surface area contributed by atoms with E-state index in [0.29, 0.717) is 24.2 Å². The largest absolute Gasteiger partial charge is 0.508 e. The molecule has 0 bridgehead atoms. The lowest BCUT2D eigenvalue weighted by Crippen LogP contribution is -2.43. The fraction of sp³-hybridized carbons (Fsp3) is 0.611. The molecule has 0 spiro atoms. The molecule has 128 valence electrons. The van der Waals surface area contributed by atoms with Crippen LogP contribution in [0.25, 0.3) is 0 Å². The van der Waals surface area contributed by atoms with Gasteiger partial charge < -0.3 is 15.7 Å². The number of aryl methyl sites for hydroxylation is 1. The van der Waals surface area contributed by atoms with Gasteiger partial charge in [-0.05, 0) is 61.6 Å². The van der Waals surface area contributed by atoms with Gasteiger partial charge >= 0.3 is 0 Å². The third-order valence-corrected chi connectivity index (χ3v) is 5.01. The van der Waals surface area contributed by atoms with Crippen LogP contribution in [-0.2, 0) is 19.4 Å². The molecule has 0 aromatic heterocycles. The van der Waals surface area contributed by atoms with Crippen molar-refractivity contribution >= 4 is 29.9 Å². The number of likely N-dealkylation sites (tertiary alicyclic amines) is 1. The van der Waals surface area contributed by atoms with Crippen LogP contribution in [0.1, 0.15) is 49.3 Å². The lowest BCUT2D eigenvalue weighted by atomic mass is 9.88. The van der Waals surface area contributed by atoms with Crippen molar-refractivity contribution in [3.63, 3.8) is 0 Å². The Labute approximate surface area is 156 Å². The van der Waals surface area contributed by atoms with Crippen LogP contribution in [0.2, 0.25) is 0 Å². The number of hydrogen-bond acceptors (Lipinski definition) is 2. The van der Waals surface area contributed by atoms with E-state index >= 15 is 0 Å². The standard InChI is InChI=1S/C18H27N3O.HI/c1-13-5-4-10-21(12-13)18(19)20-11-16-15-7-3-2-6-14(15)8-9-17(16)22;/h8-9,13,22H,2-7,10-12H2,1H3,(H2,19,20);1H. The number of piperidine rings is 1. The van der Waals surface area contributed by atoms with Crippen molar-refractivity contribution in [1.29, 1.82) is 0 Å². The van der Waals surface area contributed by atoms with Gasteiger partial charge in [-0.1, -0.05) is 13.0 Å². The van der Waals surface area contributed by atoms with Crippen molar-refractivity contribution < 1.29 is 5.11 Å². The van der Waals surface area contributed by atoms with Crippen molar-refractivity contribution in [2.45, 2.75) is 52.0 Å². The highest BCUT2D eigenvalue weighted by Crippen LogP contribution is 2.31. The fourth-order valence-electron chi connectivity index (χ4n) is 3.73. The van der Waals surface area contributed by atoms with Gasteiger partial charge in [0.15, 0.2) is 5.96 Å². The van der Waals surface area contributed by atoms with E-state index in [1.54, 1.807) is 0 Å². The molecule has 1 saturated heterocycles. The molecule has 1 fully saturated rings. The molecule has 1 aromatic rings. The van der Waals surface area contributed by atoms with Crippen molar-refractivity contribution in [3.05, 3.63) is 28.8 Å². The third kappa shape index (κ3) is 4.31. The summed E-state index contributed by atoms with van der Waals surface area (Å²) in [4.78, 5) is 6.76. The molecule has 1 aliphatic heterocycles. The summed E-state index contributed by atoms with van der Waals surface area (Å²) >= 11 is 0. The van der Waals surface area contributed by atoms with Crippen LogP contribution < -0.4 is 5.73 Å². The van der Waals surface area contributed by atoms with Gasteiger partial charge in [0.2, 0.25) is 0 Å². The minimum Gasteiger partial charge on any atom is -0.508 e. The van der Waals surface area contributed by atoms with E-state index in [-0.39, 0.29) is 24.0 Å². The van der Waals surface area contributed by atoms with Crippen LogP contribution in [-0.4, -0.2) is 29.1 Å². The Morgan fingerprint density at radius 2 is 2.09 bits per heavy atom. The Hall–Kier alpha value is -0.980. The predicted molar refractivity (Wildman–Crippen MR) is 105 cm³/mol. The van der Waals surface area contributed by atoms with Crippen LogP contribution in [0, 0.1) is 5.92 Å². The second kappa shape index (κ2) is 8.22. The first-order valence-corrected chi connectivity index (χ1v) is 8.52. The summed E-state index contributed by atoms with van der Waals surface area (Å²) in [6.45, 7) is 4.75. The molecule has 0 radical (unpaired) electrons. The summed E-state index contributed by atoms with van der Waals surface area (Å²) in [6, 6.07) is 3.88. The van der Waals surface area contributed by atoms with Crippen molar-refractivity contribution in [2.24, 2.45) is 16.6 Å². The number of nitrogens with zero attached hydrogens (tertiary/aromatic N) is 2. The molecule has 1 aliphatic carbocycles. The topological polar surface area (TPSA) is 61.8 Å². The van der Waals surface area contributed by atoms with Crippen molar-refractivity contribution in [2.75, 3.05) is 13.1 Å². The van der Waals surface area contributed by atoms with Crippen molar-refractivity contribution in [1.82, 2.24) is 4.90 Å². The number of benzene rings is 1. The summed E-state index contributed by atoms with van der Waals surface area (Å²) in [5, 5.41) is 10.2. The van der Waals surface area contributed by atoms with E-state index < -0.39 is 0 Å². The van der Waals surface area contributed by atoms with E-state index in [1.807, 2.05) is 6.07 Å². The number of guanidine groups is 1. The van der Waals surface area contributed by atoms with E-state index in [0.717, 1.165) is 31.5 Å². The van der Waals surface area contributed by atoms with Crippen LogP contribution in [0.15, 0.2) is 17.1 Å². The zero-order valence-corrected chi connectivity index (χ0v) is 16.3. The average molecular weight is 429 g/mol. The number of aliphatic imine (C=N–C) groups is 1. The van der Waals surface area contributed by atoms with Crippen LogP contribution in [0.3, 0.4) is 0 Å². The molecule has 23 heavy (non-hydrogen) atoms. The van der Waals surface area contributed by atoms with Gasteiger partial charge in [-0.2, -0.15) is 0 Å². The molecular formula is C18H28IN3O. The van der Waals surface area contributed by atoms with E-state index in [1.165, 1.54) is 36.8 Å². The number of rotatable bonds is 2. The number of phenols is 1. The maximum absolute atomic E-state index is 10.2. The number of halogens is 1. The highest BCUT2D eigenvalue weighted by molar-refractivity contribution is 14.0. The minimum atomic E-state index is 0. The van der Waals surface area contributed by atoms with E-state index in [9.17, 15) is 5.11 Å². The van der Waals surface area contributed by atoms with Gasteiger partial charge in [0, 0.05) is 18.7 Å². The van der Waals surface area contributed by atoms with Gasteiger partial charge in [-0.25, -0.2) is 4.99 Å². The predicted octanol–water partition coefficient (Wildman–Crippen LogP) is 3.44. The summed E-state index contributed by atoms with van der Waals surface area (Å²) in [6.07, 6.45) is 7.07.